The summed E-state index contributed by atoms with van der Waals surface area (Å²) in [6.45, 7) is 10.9. The fourth-order valence-electron chi connectivity index (χ4n) is 4.92. The average molecular weight is 477 g/mol. The quantitative estimate of drug-likeness (QED) is 0.535. The first-order valence-corrected chi connectivity index (χ1v) is 13.0. The summed E-state index contributed by atoms with van der Waals surface area (Å²) in [6, 6.07) is 4.06. The largest absolute Gasteiger partial charge is 0.356 e. The Bertz CT molecular complexity index is 1110. The zero-order valence-electron chi connectivity index (χ0n) is 21.9. The van der Waals surface area contributed by atoms with Gasteiger partial charge in [-0.1, -0.05) is 20.8 Å². The zero-order chi connectivity index (χ0) is 24.8. The molecule has 2 saturated heterocycles. The van der Waals surface area contributed by atoms with E-state index in [-0.39, 0.29) is 0 Å². The zero-order valence-corrected chi connectivity index (χ0v) is 21.9. The van der Waals surface area contributed by atoms with Crippen molar-refractivity contribution in [3.8, 4) is 0 Å². The van der Waals surface area contributed by atoms with Gasteiger partial charge < -0.3 is 20.4 Å². The van der Waals surface area contributed by atoms with Crippen molar-refractivity contribution < 1.29 is 0 Å². The summed E-state index contributed by atoms with van der Waals surface area (Å²) in [4.78, 5) is 23.6. The molecule has 1 unspecified atom stereocenters. The van der Waals surface area contributed by atoms with Crippen LogP contribution in [0.4, 0.5) is 23.4 Å². The van der Waals surface area contributed by atoms with E-state index < -0.39 is 0 Å². The van der Waals surface area contributed by atoms with E-state index in [2.05, 4.69) is 52.3 Å². The third kappa shape index (κ3) is 5.99. The van der Waals surface area contributed by atoms with Crippen LogP contribution in [0.2, 0.25) is 0 Å². The van der Waals surface area contributed by atoms with Crippen LogP contribution < -0.4 is 20.4 Å². The molecule has 2 N–H and O–H groups in total. The van der Waals surface area contributed by atoms with Gasteiger partial charge in [-0.05, 0) is 74.7 Å². The lowest BCUT2D eigenvalue weighted by Crippen LogP contribution is -2.35. The second kappa shape index (κ2) is 11.6. The standard InChI is InChI=1S/C25H33N7.C2H7N/c1-17(2)20-14-28-24(31-10-4-5-11-31)21-15-27-23(13-19(20)21)29-22-8-9-26-25(30-22)32-12-6-7-18(3)16-32;1-3-2/h8-9,13-15,17-18H,4-7,10-12,16H2,1-3H3,(H,26,27,29,30);3H,1-2H3. The lowest BCUT2D eigenvalue weighted by Gasteiger charge is -2.30. The number of pyridine rings is 2. The van der Waals surface area contributed by atoms with Crippen molar-refractivity contribution in [2.45, 2.75) is 52.4 Å². The van der Waals surface area contributed by atoms with Gasteiger partial charge in [0.2, 0.25) is 5.95 Å². The number of fused-ring (bicyclic) bond motifs is 1. The highest BCUT2D eigenvalue weighted by atomic mass is 15.3. The number of rotatable bonds is 5. The number of hydrogen-bond donors (Lipinski definition) is 2. The van der Waals surface area contributed by atoms with E-state index in [1.165, 1.54) is 36.6 Å². The third-order valence-electron chi connectivity index (χ3n) is 6.65. The highest BCUT2D eigenvalue weighted by Gasteiger charge is 2.20. The summed E-state index contributed by atoms with van der Waals surface area (Å²) in [5.74, 6) is 4.50. The van der Waals surface area contributed by atoms with Crippen LogP contribution >= 0.6 is 0 Å². The van der Waals surface area contributed by atoms with Crippen LogP contribution in [0.5, 0.6) is 0 Å². The number of nitrogens with zero attached hydrogens (tertiary/aromatic N) is 6. The maximum atomic E-state index is 4.83. The molecule has 2 fully saturated rings. The van der Waals surface area contributed by atoms with Gasteiger partial charge in [-0.25, -0.2) is 15.0 Å². The maximum Gasteiger partial charge on any atom is 0.227 e. The summed E-state index contributed by atoms with van der Waals surface area (Å²) in [5.41, 5.74) is 1.25. The van der Waals surface area contributed by atoms with Gasteiger partial charge in [0.25, 0.3) is 0 Å². The molecule has 0 aromatic carbocycles. The molecule has 0 amide bonds. The minimum absolute atomic E-state index is 0.389. The van der Waals surface area contributed by atoms with Crippen LogP contribution in [0.3, 0.4) is 0 Å². The summed E-state index contributed by atoms with van der Waals surface area (Å²) in [6.07, 6.45) is 10.8. The lowest BCUT2D eigenvalue weighted by molar-refractivity contribution is 0.442. The van der Waals surface area contributed by atoms with E-state index in [1.807, 2.05) is 38.8 Å². The van der Waals surface area contributed by atoms with Crippen LogP contribution in [-0.2, 0) is 0 Å². The molecule has 35 heavy (non-hydrogen) atoms. The minimum atomic E-state index is 0.389. The Labute approximate surface area is 209 Å². The van der Waals surface area contributed by atoms with Crippen molar-refractivity contribution >= 4 is 34.2 Å². The third-order valence-corrected chi connectivity index (χ3v) is 6.65. The molecule has 0 bridgehead atoms. The van der Waals surface area contributed by atoms with Crippen molar-refractivity contribution in [1.29, 1.82) is 0 Å². The van der Waals surface area contributed by atoms with Crippen LogP contribution in [0.15, 0.2) is 30.7 Å². The first kappa shape index (κ1) is 25.1. The van der Waals surface area contributed by atoms with E-state index >= 15 is 0 Å². The molecular weight excluding hydrogens is 436 g/mol. The van der Waals surface area contributed by atoms with Gasteiger partial charge >= 0.3 is 0 Å². The molecule has 0 spiro atoms. The first-order chi connectivity index (χ1) is 17.0. The number of anilines is 4. The highest BCUT2D eigenvalue weighted by molar-refractivity contribution is 5.95. The van der Waals surface area contributed by atoms with E-state index in [4.69, 9.17) is 15.0 Å². The Balaban J connectivity index is 0.000000917. The van der Waals surface area contributed by atoms with Crippen LogP contribution in [-0.4, -0.2) is 60.2 Å². The van der Waals surface area contributed by atoms with E-state index in [1.54, 1.807) is 0 Å². The molecule has 8 nitrogen and oxygen atoms in total. The van der Waals surface area contributed by atoms with Crippen LogP contribution in [0, 0.1) is 5.92 Å². The van der Waals surface area contributed by atoms with Crippen molar-refractivity contribution in [1.82, 2.24) is 25.3 Å². The number of aromatic nitrogens is 4. The molecule has 0 radical (unpaired) electrons. The summed E-state index contributed by atoms with van der Waals surface area (Å²) in [5, 5.41) is 8.52. The maximum absolute atomic E-state index is 4.83. The van der Waals surface area contributed by atoms with Gasteiger partial charge in [-0.15, -0.1) is 0 Å². The van der Waals surface area contributed by atoms with Crippen molar-refractivity contribution in [2.24, 2.45) is 5.92 Å². The lowest BCUT2D eigenvalue weighted by atomic mass is 9.99. The van der Waals surface area contributed by atoms with Crippen molar-refractivity contribution in [2.75, 3.05) is 55.4 Å². The molecule has 188 valence electrons. The fraction of sp³-hybridized carbons (Fsp3) is 0.556. The number of hydrogen-bond acceptors (Lipinski definition) is 8. The van der Waals surface area contributed by atoms with E-state index in [0.29, 0.717) is 11.8 Å². The smallest absolute Gasteiger partial charge is 0.227 e. The normalized spacial score (nSPS) is 18.1. The molecule has 2 aliphatic rings. The topological polar surface area (TPSA) is 82.1 Å². The summed E-state index contributed by atoms with van der Waals surface area (Å²) >= 11 is 0. The summed E-state index contributed by atoms with van der Waals surface area (Å²) < 4.78 is 0. The molecule has 5 heterocycles. The van der Waals surface area contributed by atoms with Crippen molar-refractivity contribution in [3.05, 3.63) is 36.3 Å². The molecule has 0 saturated carbocycles. The Hall–Kier alpha value is -3.00. The van der Waals surface area contributed by atoms with Crippen LogP contribution in [0.1, 0.15) is 57.9 Å². The monoisotopic (exact) mass is 476 g/mol. The molecule has 3 aromatic rings. The van der Waals surface area contributed by atoms with Gasteiger partial charge in [0, 0.05) is 50.2 Å². The second-order valence-electron chi connectivity index (χ2n) is 10.1. The Morgan fingerprint density at radius 3 is 2.37 bits per heavy atom. The first-order valence-electron chi connectivity index (χ1n) is 13.0. The fourth-order valence-corrected chi connectivity index (χ4v) is 4.92. The van der Waals surface area contributed by atoms with Crippen LogP contribution in [0.25, 0.3) is 10.8 Å². The molecule has 5 rings (SSSR count). The molecule has 0 aliphatic carbocycles. The Morgan fingerprint density at radius 2 is 1.66 bits per heavy atom. The van der Waals surface area contributed by atoms with Gasteiger partial charge in [0.05, 0.1) is 0 Å². The number of piperidine rings is 1. The Kier molecular flexibility index (Phi) is 8.33. The van der Waals surface area contributed by atoms with E-state index in [0.717, 1.165) is 55.0 Å². The highest BCUT2D eigenvalue weighted by Crippen LogP contribution is 2.33. The number of nitrogens with one attached hydrogen (secondary N) is 2. The molecule has 3 aromatic heterocycles. The SMILES string of the molecule is CC1CCCN(c2nccc(Nc3cc4c(C(C)C)cnc(N5CCCC5)c4cn3)n2)C1.CNC. The van der Waals surface area contributed by atoms with Gasteiger partial charge in [0.15, 0.2) is 0 Å². The predicted molar refractivity (Wildman–Crippen MR) is 146 cm³/mol. The molecular formula is C27H40N8. The second-order valence-corrected chi connectivity index (χ2v) is 10.1. The van der Waals surface area contributed by atoms with Gasteiger partial charge in [-0.3, -0.25) is 0 Å². The Morgan fingerprint density at radius 1 is 0.914 bits per heavy atom. The summed E-state index contributed by atoms with van der Waals surface area (Å²) in [7, 11) is 3.75. The van der Waals surface area contributed by atoms with Crippen molar-refractivity contribution in [3.63, 3.8) is 0 Å². The van der Waals surface area contributed by atoms with Gasteiger partial charge in [0.1, 0.15) is 17.5 Å². The van der Waals surface area contributed by atoms with Gasteiger partial charge in [-0.2, -0.15) is 4.98 Å². The van der Waals surface area contributed by atoms with E-state index in [9.17, 15) is 0 Å². The average Bonchev–Trinajstić information content (AvgIpc) is 3.39. The molecule has 2 aliphatic heterocycles. The molecule has 8 heteroatoms. The minimum Gasteiger partial charge on any atom is -0.356 e. The molecule has 1 atom stereocenters. The predicted octanol–water partition coefficient (Wildman–Crippen LogP) is 4.96.